The number of carbonyl (C=O) groups is 1. The lowest BCUT2D eigenvalue weighted by Crippen LogP contribution is -2.33. The minimum absolute atomic E-state index is 0.181. The third kappa shape index (κ3) is 4.05. The van der Waals surface area contributed by atoms with E-state index in [2.05, 4.69) is 22.1 Å². The molecule has 0 unspecified atom stereocenters. The molecule has 6 nitrogen and oxygen atoms in total. The minimum Gasteiger partial charge on any atom is -0.342 e. The third-order valence-electron chi connectivity index (χ3n) is 3.08. The number of allylic oxidation sites excluding steroid dienone is 1. The predicted molar refractivity (Wildman–Crippen MR) is 73.8 cm³/mol. The zero-order valence-electron chi connectivity index (χ0n) is 11.0. The van der Waals surface area contributed by atoms with Gasteiger partial charge < -0.3 is 4.90 Å². The maximum Gasteiger partial charge on any atom is 0.233 e. The number of aromatic nitrogens is 4. The quantitative estimate of drug-likeness (QED) is 0.602. The second-order valence-electron chi connectivity index (χ2n) is 4.52. The highest BCUT2D eigenvalue weighted by Crippen LogP contribution is 2.16. The van der Waals surface area contributed by atoms with Gasteiger partial charge in [0.05, 0.1) is 12.3 Å². The Balaban J connectivity index is 1.85. The van der Waals surface area contributed by atoms with Gasteiger partial charge in [0, 0.05) is 13.1 Å². The Kier molecular flexibility index (Phi) is 5.38. The van der Waals surface area contributed by atoms with Gasteiger partial charge in [0.15, 0.2) is 0 Å². The van der Waals surface area contributed by atoms with Crippen molar-refractivity contribution in [2.24, 2.45) is 0 Å². The van der Waals surface area contributed by atoms with E-state index in [0.717, 1.165) is 25.9 Å². The lowest BCUT2D eigenvalue weighted by Gasteiger charge is -2.19. The van der Waals surface area contributed by atoms with E-state index < -0.39 is 0 Å². The lowest BCUT2D eigenvalue weighted by atomic mass is 10.2. The molecular formula is C12H19N5OS. The van der Waals surface area contributed by atoms with Crippen molar-refractivity contribution in [1.29, 1.82) is 0 Å². The van der Waals surface area contributed by atoms with E-state index in [-0.39, 0.29) is 5.91 Å². The number of hydrogen-bond donors (Lipinski definition) is 0. The molecule has 1 aliphatic rings. The van der Waals surface area contributed by atoms with Gasteiger partial charge in [0.1, 0.15) is 0 Å². The van der Waals surface area contributed by atoms with Gasteiger partial charge in [-0.1, -0.05) is 30.7 Å². The third-order valence-corrected chi connectivity index (χ3v) is 4.03. The van der Waals surface area contributed by atoms with Gasteiger partial charge in [-0.2, -0.15) is 0 Å². The molecule has 0 saturated carbocycles. The van der Waals surface area contributed by atoms with Crippen molar-refractivity contribution in [3.05, 3.63) is 12.7 Å². The highest BCUT2D eigenvalue weighted by Gasteiger charge is 2.17. The molecule has 19 heavy (non-hydrogen) atoms. The minimum atomic E-state index is 0.181. The highest BCUT2D eigenvalue weighted by molar-refractivity contribution is 7.99. The summed E-state index contributed by atoms with van der Waals surface area (Å²) in [6.07, 6.45) is 6.43. The molecule has 2 heterocycles. The lowest BCUT2D eigenvalue weighted by molar-refractivity contribution is -0.128. The molecule has 0 aliphatic carbocycles. The van der Waals surface area contributed by atoms with E-state index in [1.54, 1.807) is 10.8 Å². The van der Waals surface area contributed by atoms with Gasteiger partial charge in [-0.3, -0.25) is 4.79 Å². The highest BCUT2D eigenvalue weighted by atomic mass is 32.2. The van der Waals surface area contributed by atoms with Crippen LogP contribution in [0.3, 0.4) is 0 Å². The van der Waals surface area contributed by atoms with Crippen LogP contribution in [-0.2, 0) is 11.3 Å². The summed E-state index contributed by atoms with van der Waals surface area (Å²) in [5.41, 5.74) is 0. The first-order valence-corrected chi connectivity index (χ1v) is 7.57. The van der Waals surface area contributed by atoms with Crippen LogP contribution in [0.25, 0.3) is 0 Å². The Labute approximate surface area is 117 Å². The summed E-state index contributed by atoms with van der Waals surface area (Å²) in [5.74, 6) is 0.581. The molecule has 0 radical (unpaired) electrons. The SMILES string of the molecule is C=CCn1nnnc1SCC(=O)N1CCCCCC1. The van der Waals surface area contributed by atoms with Crippen molar-refractivity contribution in [3.8, 4) is 0 Å². The number of nitrogens with zero attached hydrogens (tertiary/aromatic N) is 5. The van der Waals surface area contributed by atoms with Crippen molar-refractivity contribution in [1.82, 2.24) is 25.1 Å². The Hall–Kier alpha value is -1.37. The number of amides is 1. The standard InChI is InChI=1S/C12H19N5OS/c1-2-7-17-12(13-14-15-17)19-10-11(18)16-8-5-3-4-6-9-16/h2H,1,3-10H2. The maximum absolute atomic E-state index is 12.1. The number of hydrogen-bond acceptors (Lipinski definition) is 5. The zero-order chi connectivity index (χ0) is 13.5. The van der Waals surface area contributed by atoms with E-state index in [4.69, 9.17) is 0 Å². The fourth-order valence-electron chi connectivity index (χ4n) is 2.07. The normalized spacial score (nSPS) is 16.1. The van der Waals surface area contributed by atoms with Crippen LogP contribution >= 0.6 is 11.8 Å². The summed E-state index contributed by atoms with van der Waals surface area (Å²) < 4.78 is 1.65. The molecule has 1 aromatic heterocycles. The summed E-state index contributed by atoms with van der Waals surface area (Å²) in [6.45, 7) is 5.99. The number of rotatable bonds is 5. The molecular weight excluding hydrogens is 262 g/mol. The summed E-state index contributed by atoms with van der Waals surface area (Å²) in [4.78, 5) is 14.1. The maximum atomic E-state index is 12.1. The van der Waals surface area contributed by atoms with E-state index >= 15 is 0 Å². The van der Waals surface area contributed by atoms with Crippen LogP contribution in [0.1, 0.15) is 25.7 Å². The molecule has 1 amide bonds. The summed E-state index contributed by atoms with van der Waals surface area (Å²) in [5, 5.41) is 12.1. The van der Waals surface area contributed by atoms with Crippen molar-refractivity contribution >= 4 is 17.7 Å². The molecule has 1 saturated heterocycles. The van der Waals surface area contributed by atoms with Crippen LogP contribution in [0, 0.1) is 0 Å². The van der Waals surface area contributed by atoms with Crippen molar-refractivity contribution in [2.45, 2.75) is 37.4 Å². The first kappa shape index (κ1) is 14.0. The molecule has 0 spiro atoms. The second-order valence-corrected chi connectivity index (χ2v) is 5.46. The molecule has 0 atom stereocenters. The van der Waals surface area contributed by atoms with E-state index in [9.17, 15) is 4.79 Å². The van der Waals surface area contributed by atoms with Gasteiger partial charge in [-0.05, 0) is 23.3 Å². The van der Waals surface area contributed by atoms with E-state index in [1.807, 2.05) is 4.90 Å². The second kappa shape index (κ2) is 7.28. The van der Waals surface area contributed by atoms with Crippen molar-refractivity contribution < 1.29 is 4.79 Å². The van der Waals surface area contributed by atoms with Crippen LogP contribution in [0.5, 0.6) is 0 Å². The molecule has 104 valence electrons. The Morgan fingerprint density at radius 3 is 2.74 bits per heavy atom. The summed E-state index contributed by atoms with van der Waals surface area (Å²) >= 11 is 1.39. The number of tetrazole rings is 1. The average molecular weight is 281 g/mol. The Morgan fingerprint density at radius 1 is 1.32 bits per heavy atom. The van der Waals surface area contributed by atoms with Crippen LogP contribution in [0.15, 0.2) is 17.8 Å². The molecule has 0 aromatic carbocycles. The van der Waals surface area contributed by atoms with E-state index in [0.29, 0.717) is 17.5 Å². The van der Waals surface area contributed by atoms with Gasteiger partial charge in [0.25, 0.3) is 0 Å². The largest absolute Gasteiger partial charge is 0.342 e. The van der Waals surface area contributed by atoms with Crippen LogP contribution in [0.2, 0.25) is 0 Å². The fraction of sp³-hybridized carbons (Fsp3) is 0.667. The first-order valence-electron chi connectivity index (χ1n) is 6.59. The molecule has 0 bridgehead atoms. The zero-order valence-corrected chi connectivity index (χ0v) is 11.8. The van der Waals surface area contributed by atoms with Crippen LogP contribution < -0.4 is 0 Å². The molecule has 0 N–H and O–H groups in total. The molecule has 1 aliphatic heterocycles. The molecule has 7 heteroatoms. The molecule has 2 rings (SSSR count). The Bertz CT molecular complexity index is 426. The van der Waals surface area contributed by atoms with Gasteiger partial charge in [-0.25, -0.2) is 4.68 Å². The van der Waals surface area contributed by atoms with E-state index in [1.165, 1.54) is 24.6 Å². The fourth-order valence-corrected chi connectivity index (χ4v) is 2.86. The van der Waals surface area contributed by atoms with Crippen LogP contribution in [-0.4, -0.2) is 49.9 Å². The van der Waals surface area contributed by atoms with Crippen LogP contribution in [0.4, 0.5) is 0 Å². The van der Waals surface area contributed by atoms with Crippen molar-refractivity contribution in [2.75, 3.05) is 18.8 Å². The number of thioether (sulfide) groups is 1. The van der Waals surface area contributed by atoms with Gasteiger partial charge >= 0.3 is 0 Å². The number of carbonyl (C=O) groups excluding carboxylic acids is 1. The number of likely N-dealkylation sites (tertiary alicyclic amines) is 1. The average Bonchev–Trinajstić information content (AvgIpc) is 2.68. The van der Waals surface area contributed by atoms with Gasteiger partial charge in [-0.15, -0.1) is 11.7 Å². The predicted octanol–water partition coefficient (Wildman–Crippen LogP) is 1.35. The monoisotopic (exact) mass is 281 g/mol. The molecule has 1 aromatic rings. The van der Waals surface area contributed by atoms with Crippen molar-refractivity contribution in [3.63, 3.8) is 0 Å². The summed E-state index contributed by atoms with van der Waals surface area (Å²) in [6, 6.07) is 0. The smallest absolute Gasteiger partial charge is 0.233 e. The summed E-state index contributed by atoms with van der Waals surface area (Å²) in [7, 11) is 0. The topological polar surface area (TPSA) is 63.9 Å². The Morgan fingerprint density at radius 2 is 2.05 bits per heavy atom. The van der Waals surface area contributed by atoms with Gasteiger partial charge in [0.2, 0.25) is 11.1 Å². The molecule has 1 fully saturated rings. The first-order chi connectivity index (χ1) is 9.31.